The van der Waals surface area contributed by atoms with Gasteiger partial charge >= 0.3 is 0 Å². The first kappa shape index (κ1) is 19.3. The van der Waals surface area contributed by atoms with E-state index in [0.717, 1.165) is 23.4 Å². The molecule has 3 heterocycles. The molecule has 1 aromatic carbocycles. The van der Waals surface area contributed by atoms with Crippen LogP contribution in [0.25, 0.3) is 16.4 Å². The SMILES string of the molecule is N#CCCN(C(=O)c1nc(-c2cccs2)n(-c2ccccc2)n1)C1CCOCC1. The minimum Gasteiger partial charge on any atom is -0.381 e. The van der Waals surface area contributed by atoms with Crippen molar-refractivity contribution in [2.45, 2.75) is 25.3 Å². The number of benzene rings is 1. The maximum absolute atomic E-state index is 13.4. The first-order chi connectivity index (χ1) is 14.3. The van der Waals surface area contributed by atoms with Gasteiger partial charge in [0.15, 0.2) is 5.82 Å². The van der Waals surface area contributed by atoms with Gasteiger partial charge in [-0.05, 0) is 36.4 Å². The fourth-order valence-electron chi connectivity index (χ4n) is 3.46. The van der Waals surface area contributed by atoms with Crippen molar-refractivity contribution in [3.05, 3.63) is 53.7 Å². The lowest BCUT2D eigenvalue weighted by molar-refractivity contribution is 0.0289. The molecule has 0 saturated carbocycles. The normalized spacial score (nSPS) is 14.4. The van der Waals surface area contributed by atoms with Gasteiger partial charge in [-0.25, -0.2) is 9.67 Å². The van der Waals surface area contributed by atoms with Crippen molar-refractivity contribution in [1.29, 1.82) is 5.26 Å². The van der Waals surface area contributed by atoms with E-state index in [1.54, 1.807) is 20.9 Å². The number of amides is 1. The molecule has 0 N–H and O–H groups in total. The zero-order valence-electron chi connectivity index (χ0n) is 15.9. The van der Waals surface area contributed by atoms with Crippen LogP contribution in [0.2, 0.25) is 0 Å². The lowest BCUT2D eigenvalue weighted by Gasteiger charge is -2.33. The van der Waals surface area contributed by atoms with Crippen LogP contribution in [0.15, 0.2) is 47.8 Å². The predicted octanol–water partition coefficient (Wildman–Crippen LogP) is 3.53. The number of ether oxygens (including phenoxy) is 1. The number of carbonyl (C=O) groups excluding carboxylic acids is 1. The van der Waals surface area contributed by atoms with E-state index in [4.69, 9.17) is 10.00 Å². The first-order valence-electron chi connectivity index (χ1n) is 9.60. The number of hydrogen-bond acceptors (Lipinski definition) is 6. The molecule has 8 heteroatoms. The molecule has 4 rings (SSSR count). The van der Waals surface area contributed by atoms with Crippen LogP contribution in [0.5, 0.6) is 0 Å². The Kier molecular flexibility index (Phi) is 5.98. The molecule has 1 amide bonds. The van der Waals surface area contributed by atoms with Crippen molar-refractivity contribution in [3.8, 4) is 22.5 Å². The Morgan fingerprint density at radius 1 is 1.24 bits per heavy atom. The Labute approximate surface area is 173 Å². The van der Waals surface area contributed by atoms with Crippen LogP contribution in [-0.2, 0) is 4.74 Å². The second-order valence-corrected chi connectivity index (χ2v) is 7.68. The lowest BCUT2D eigenvalue weighted by atomic mass is 10.1. The summed E-state index contributed by atoms with van der Waals surface area (Å²) in [7, 11) is 0. The van der Waals surface area contributed by atoms with Crippen LogP contribution in [0.4, 0.5) is 0 Å². The number of thiophene rings is 1. The molecule has 1 fully saturated rings. The molecule has 1 aliphatic heterocycles. The summed E-state index contributed by atoms with van der Waals surface area (Å²) in [5, 5.41) is 15.6. The first-order valence-corrected chi connectivity index (χ1v) is 10.5. The van der Waals surface area contributed by atoms with Gasteiger partial charge in [-0.1, -0.05) is 24.3 Å². The fourth-order valence-corrected chi connectivity index (χ4v) is 4.16. The van der Waals surface area contributed by atoms with E-state index in [9.17, 15) is 4.79 Å². The highest BCUT2D eigenvalue weighted by Gasteiger charge is 2.30. The molecular formula is C21H21N5O2S. The average Bonchev–Trinajstić information content (AvgIpc) is 3.45. The molecule has 0 atom stereocenters. The highest BCUT2D eigenvalue weighted by Crippen LogP contribution is 2.26. The Bertz CT molecular complexity index is 988. The number of rotatable bonds is 6. The number of carbonyl (C=O) groups is 1. The van der Waals surface area contributed by atoms with E-state index in [1.807, 2.05) is 47.8 Å². The average molecular weight is 407 g/mol. The van der Waals surface area contributed by atoms with Gasteiger partial charge in [0.1, 0.15) is 0 Å². The maximum atomic E-state index is 13.4. The highest BCUT2D eigenvalue weighted by molar-refractivity contribution is 7.13. The molecule has 148 valence electrons. The number of hydrogen-bond donors (Lipinski definition) is 0. The molecule has 29 heavy (non-hydrogen) atoms. The summed E-state index contributed by atoms with van der Waals surface area (Å²) < 4.78 is 7.15. The fraction of sp³-hybridized carbons (Fsp3) is 0.333. The molecular weight excluding hydrogens is 386 g/mol. The van der Waals surface area contributed by atoms with Gasteiger partial charge < -0.3 is 9.64 Å². The van der Waals surface area contributed by atoms with E-state index in [-0.39, 0.29) is 24.2 Å². The van der Waals surface area contributed by atoms with Gasteiger partial charge in [-0.15, -0.1) is 16.4 Å². The van der Waals surface area contributed by atoms with E-state index in [0.29, 0.717) is 25.6 Å². The monoisotopic (exact) mass is 407 g/mol. The highest BCUT2D eigenvalue weighted by atomic mass is 32.1. The van der Waals surface area contributed by atoms with Gasteiger partial charge in [-0.3, -0.25) is 4.79 Å². The second-order valence-electron chi connectivity index (χ2n) is 6.73. The minimum absolute atomic E-state index is 0.0402. The Hall–Kier alpha value is -3.02. The summed E-state index contributed by atoms with van der Waals surface area (Å²) in [5.74, 6) is 0.558. The Balaban J connectivity index is 1.71. The topological polar surface area (TPSA) is 84.0 Å². The smallest absolute Gasteiger partial charge is 0.293 e. The third-order valence-electron chi connectivity index (χ3n) is 4.90. The predicted molar refractivity (Wildman–Crippen MR) is 110 cm³/mol. The summed E-state index contributed by atoms with van der Waals surface area (Å²) in [6.45, 7) is 1.61. The molecule has 0 radical (unpaired) electrons. The Morgan fingerprint density at radius 3 is 2.72 bits per heavy atom. The summed E-state index contributed by atoms with van der Waals surface area (Å²) in [6.07, 6.45) is 1.79. The molecule has 0 bridgehead atoms. The standard InChI is InChI=1S/C21H21N5O2S/c22-11-5-12-25(16-9-13-28-14-10-16)21(27)19-23-20(18-8-4-15-29-18)26(24-19)17-6-2-1-3-7-17/h1-4,6-8,15-16H,5,9-10,12-14H2. The molecule has 2 aromatic heterocycles. The van der Waals surface area contributed by atoms with Gasteiger partial charge in [0.2, 0.25) is 5.82 Å². The quantitative estimate of drug-likeness (QED) is 0.624. The van der Waals surface area contributed by atoms with Crippen molar-refractivity contribution >= 4 is 17.2 Å². The summed E-state index contributed by atoms with van der Waals surface area (Å²) >= 11 is 1.55. The van der Waals surface area contributed by atoms with Gasteiger partial charge in [0, 0.05) is 25.8 Å². The van der Waals surface area contributed by atoms with Crippen molar-refractivity contribution in [2.24, 2.45) is 0 Å². The minimum atomic E-state index is -0.236. The van der Waals surface area contributed by atoms with Gasteiger partial charge in [0.05, 0.1) is 23.1 Å². The molecule has 1 saturated heterocycles. The number of nitriles is 1. The van der Waals surface area contributed by atoms with Crippen molar-refractivity contribution < 1.29 is 9.53 Å². The van der Waals surface area contributed by atoms with Crippen LogP contribution < -0.4 is 0 Å². The molecule has 0 unspecified atom stereocenters. The molecule has 7 nitrogen and oxygen atoms in total. The summed E-state index contributed by atoms with van der Waals surface area (Å²) in [6, 6.07) is 15.8. The van der Waals surface area contributed by atoms with Gasteiger partial charge in [0.25, 0.3) is 5.91 Å². The van der Waals surface area contributed by atoms with Crippen LogP contribution >= 0.6 is 11.3 Å². The molecule has 0 aliphatic carbocycles. The Morgan fingerprint density at radius 2 is 2.03 bits per heavy atom. The van der Waals surface area contributed by atoms with Crippen LogP contribution in [0, 0.1) is 11.3 Å². The lowest BCUT2D eigenvalue weighted by Crippen LogP contribution is -2.44. The number of para-hydroxylation sites is 1. The molecule has 0 spiro atoms. The zero-order valence-corrected chi connectivity index (χ0v) is 16.7. The van der Waals surface area contributed by atoms with Crippen LogP contribution in [0.1, 0.15) is 29.9 Å². The van der Waals surface area contributed by atoms with E-state index in [2.05, 4.69) is 16.2 Å². The van der Waals surface area contributed by atoms with E-state index in [1.165, 1.54) is 0 Å². The van der Waals surface area contributed by atoms with Crippen molar-refractivity contribution in [3.63, 3.8) is 0 Å². The van der Waals surface area contributed by atoms with Crippen LogP contribution in [-0.4, -0.2) is 51.4 Å². The maximum Gasteiger partial charge on any atom is 0.293 e. The van der Waals surface area contributed by atoms with Crippen LogP contribution in [0.3, 0.4) is 0 Å². The zero-order chi connectivity index (χ0) is 20.1. The number of nitrogens with zero attached hydrogens (tertiary/aromatic N) is 5. The third kappa shape index (κ3) is 4.21. The largest absolute Gasteiger partial charge is 0.381 e. The second kappa shape index (κ2) is 8.99. The molecule has 3 aromatic rings. The summed E-state index contributed by atoms with van der Waals surface area (Å²) in [5.41, 5.74) is 0.845. The van der Waals surface area contributed by atoms with Crippen molar-refractivity contribution in [1.82, 2.24) is 19.7 Å². The van der Waals surface area contributed by atoms with E-state index >= 15 is 0 Å². The van der Waals surface area contributed by atoms with E-state index < -0.39 is 0 Å². The molecule has 1 aliphatic rings. The number of aromatic nitrogens is 3. The summed E-state index contributed by atoms with van der Waals surface area (Å²) in [4.78, 5) is 20.7. The van der Waals surface area contributed by atoms with Gasteiger partial charge in [-0.2, -0.15) is 5.26 Å². The third-order valence-corrected chi connectivity index (χ3v) is 5.76. The van der Waals surface area contributed by atoms with Crippen molar-refractivity contribution in [2.75, 3.05) is 19.8 Å².